The molecule has 2 heteroatoms. The van der Waals surface area contributed by atoms with E-state index in [1.807, 2.05) is 0 Å². The Hall–Kier alpha value is 2.25. The number of rotatable bonds is 0. The summed E-state index contributed by atoms with van der Waals surface area (Å²) in [7, 11) is 0. The van der Waals surface area contributed by atoms with Crippen LogP contribution in [0, 0.1) is 59.3 Å². The van der Waals surface area contributed by atoms with Gasteiger partial charge in [0.1, 0.15) is 0 Å². The van der Waals surface area contributed by atoms with E-state index in [1.165, 1.54) is 0 Å². The Labute approximate surface area is 102 Å². The summed E-state index contributed by atoms with van der Waals surface area (Å²) in [4.78, 5) is 0. The molecule has 0 N–H and O–H groups in total. The molecule has 0 unspecified atom stereocenters. The maximum atomic E-state index is 3.77. The molecule has 0 amide bonds. The van der Waals surface area contributed by atoms with Gasteiger partial charge in [-0.1, -0.05) is 20.8 Å². The van der Waals surface area contributed by atoms with E-state index in [-0.39, 0.29) is 76.3 Å². The molecule has 0 nitrogen and oxygen atoms in total. The maximum Gasteiger partial charge on any atom is 0 e. The predicted octanol–water partition coefficient (Wildman–Crippen LogP) is -1.13. The third-order valence-electron chi connectivity index (χ3n) is 0. The molecule has 0 aromatic heterocycles. The topological polar surface area (TPSA) is 0 Å². The summed E-state index contributed by atoms with van der Waals surface area (Å²) in [5.74, 6) is 0. The number of hydrogen-bond acceptors (Lipinski definition) is 0. The molecule has 53 valence electrons. The van der Waals surface area contributed by atoms with Gasteiger partial charge in [-0.05, 0) is 12.3 Å². The second kappa shape index (κ2) is 6.37. The van der Waals surface area contributed by atoms with Crippen LogP contribution in [0.5, 0.6) is 0 Å². The van der Waals surface area contributed by atoms with Crippen LogP contribution in [0.4, 0.5) is 0 Å². The minimum Gasteiger partial charge on any atom is -1.00 e. The van der Waals surface area contributed by atoms with Gasteiger partial charge in [0, 0.05) is 46.9 Å². The predicted molar refractivity (Wildman–Crippen MR) is 24.8 cm³/mol. The van der Waals surface area contributed by atoms with Crippen LogP contribution < -0.4 is 24.0 Å². The molecular weight excluding hydrogens is 360 g/mol. The van der Waals surface area contributed by atoms with Crippen molar-refractivity contribution in [1.29, 1.82) is 0 Å². The van der Waals surface area contributed by atoms with Crippen molar-refractivity contribution in [3.05, 3.63) is 6.92 Å². The molecule has 7 heavy (non-hydrogen) atoms. The third kappa shape index (κ3) is 63.7. The first kappa shape index (κ1) is 16.1. The molecule has 0 atom stereocenters. The van der Waals surface area contributed by atoms with Crippen molar-refractivity contribution >= 4 is 0 Å². The van der Waals surface area contributed by atoms with Crippen molar-refractivity contribution in [3.8, 4) is 0 Å². The summed E-state index contributed by atoms with van der Waals surface area (Å²) >= 11 is 0. The zero-order valence-corrected chi connectivity index (χ0v) is 8.72. The summed E-state index contributed by atoms with van der Waals surface area (Å²) in [6, 6.07) is 0. The molecule has 0 bridgehead atoms. The van der Waals surface area contributed by atoms with Crippen molar-refractivity contribution in [2.24, 2.45) is 5.41 Å². The summed E-state index contributed by atoms with van der Waals surface area (Å²) in [6.45, 7) is 10.0. The average Bonchev–Trinajstić information content (AvgIpc) is 0.722. The minimum absolute atomic E-state index is 0. The van der Waals surface area contributed by atoms with Crippen LogP contribution >= 0.6 is 0 Å². The molecule has 0 saturated heterocycles. The number of hydrogen-bond donors (Lipinski definition) is 0. The number of halogens is 1. The van der Waals surface area contributed by atoms with E-state index in [2.05, 4.69) is 27.7 Å². The largest absolute Gasteiger partial charge is 1.00 e. The van der Waals surface area contributed by atoms with Crippen molar-refractivity contribution < 1.29 is 70.9 Å². The van der Waals surface area contributed by atoms with E-state index in [4.69, 9.17) is 0 Å². The molecule has 0 aromatic carbocycles. The monoisotopic (exact) mass is 372 g/mol. The van der Waals surface area contributed by atoms with Crippen LogP contribution in [0.25, 0.3) is 0 Å². The van der Waals surface area contributed by atoms with Crippen molar-refractivity contribution in [2.75, 3.05) is 0 Å². The average molecular weight is 371 g/mol. The summed E-state index contributed by atoms with van der Waals surface area (Å²) < 4.78 is 0. The zero-order chi connectivity index (χ0) is 4.50. The summed E-state index contributed by atoms with van der Waals surface area (Å²) in [5.41, 5.74) is 0.250. The van der Waals surface area contributed by atoms with Gasteiger partial charge in [0.2, 0.25) is 0 Å². The van der Waals surface area contributed by atoms with Crippen molar-refractivity contribution in [2.45, 2.75) is 20.8 Å². The first-order chi connectivity index (χ1) is 2.00. The van der Waals surface area contributed by atoms with Crippen LogP contribution in [0.3, 0.4) is 0 Å². The van der Waals surface area contributed by atoms with Crippen molar-refractivity contribution in [1.82, 2.24) is 0 Å². The van der Waals surface area contributed by atoms with E-state index in [0.29, 0.717) is 0 Å². The Balaban J connectivity index is -0.0000000800. The van der Waals surface area contributed by atoms with Crippen LogP contribution in [0.2, 0.25) is 0 Å². The van der Waals surface area contributed by atoms with Gasteiger partial charge >= 0.3 is 0 Å². The van der Waals surface area contributed by atoms with E-state index < -0.39 is 0 Å². The van der Waals surface area contributed by atoms with Crippen LogP contribution in [0.1, 0.15) is 20.8 Å². The van der Waals surface area contributed by atoms with E-state index in [9.17, 15) is 0 Å². The maximum absolute atomic E-state index is 3.77. The summed E-state index contributed by atoms with van der Waals surface area (Å²) in [6.07, 6.45) is 0. The van der Waals surface area contributed by atoms with Gasteiger partial charge in [-0.3, -0.25) is 0 Å². The molecule has 0 aromatic rings. The van der Waals surface area contributed by atoms with Gasteiger partial charge in [-0.25, -0.2) is 0 Å². The molecule has 0 aliphatic heterocycles. The van der Waals surface area contributed by atoms with Crippen LogP contribution in [0.15, 0.2) is 0 Å². The van der Waals surface area contributed by atoms with Crippen molar-refractivity contribution in [3.63, 3.8) is 0 Å². The zero-order valence-electron chi connectivity index (χ0n) is 4.85. The van der Waals surface area contributed by atoms with Gasteiger partial charge in [-0.2, -0.15) is 0 Å². The molecule has 0 saturated carbocycles. The molecule has 1 radical (unpaired) electrons. The molecule has 0 aliphatic rings. The third-order valence-corrected chi connectivity index (χ3v) is 0. The quantitative estimate of drug-likeness (QED) is 0.473. The Morgan fingerprint density at radius 3 is 1.14 bits per heavy atom. The molecule has 0 spiro atoms. The Morgan fingerprint density at radius 2 is 1.14 bits per heavy atom. The molecular formula is C5H11IYb-. The van der Waals surface area contributed by atoms with E-state index in [1.54, 1.807) is 0 Å². The second-order valence-electron chi connectivity index (χ2n) is 2.56. The van der Waals surface area contributed by atoms with Gasteiger partial charge in [0.25, 0.3) is 0 Å². The smallest absolute Gasteiger partial charge is 0 e. The second-order valence-corrected chi connectivity index (χ2v) is 2.56. The Bertz CT molecular complexity index is 23.6. The van der Waals surface area contributed by atoms with Crippen LogP contribution in [-0.2, 0) is 0 Å². The fourth-order valence-corrected chi connectivity index (χ4v) is 0. The molecule has 0 aliphatic carbocycles. The fraction of sp³-hybridized carbons (Fsp3) is 0.800. The van der Waals surface area contributed by atoms with Gasteiger partial charge in [-0.15, -0.1) is 0 Å². The molecule has 0 heterocycles. The van der Waals surface area contributed by atoms with E-state index in [0.717, 1.165) is 0 Å². The molecule has 0 rings (SSSR count). The van der Waals surface area contributed by atoms with E-state index >= 15 is 0 Å². The Kier molecular flexibility index (Phi) is 14.7. The SMILES string of the molecule is [CH2]C(C)(C)C.[I-].[Yb]. The normalized spacial score (nSPS) is 8.57. The first-order valence-electron chi connectivity index (χ1n) is 1.85. The van der Waals surface area contributed by atoms with Gasteiger partial charge < -0.3 is 24.0 Å². The minimum atomic E-state index is 0. The standard InChI is InChI=1S/C5H11.HI.Yb/c1-5(2,3)4;;/h1H2,2-4H3;1H;/p-1. The van der Waals surface area contributed by atoms with Crippen LogP contribution in [-0.4, -0.2) is 0 Å². The Morgan fingerprint density at radius 1 is 1.14 bits per heavy atom. The molecule has 0 fully saturated rings. The fourth-order valence-electron chi connectivity index (χ4n) is 0. The van der Waals surface area contributed by atoms with Gasteiger partial charge in [0.15, 0.2) is 0 Å². The first-order valence-corrected chi connectivity index (χ1v) is 1.85. The van der Waals surface area contributed by atoms with Gasteiger partial charge in [0.05, 0.1) is 0 Å². The summed E-state index contributed by atoms with van der Waals surface area (Å²) in [5, 5.41) is 0.